The molecule has 2 rings (SSSR count). The van der Waals surface area contributed by atoms with E-state index in [0.29, 0.717) is 21.5 Å². The van der Waals surface area contributed by atoms with Gasteiger partial charge in [-0.15, -0.1) is 11.8 Å². The number of ether oxygens (including phenoxy) is 1. The summed E-state index contributed by atoms with van der Waals surface area (Å²) < 4.78 is 5.10. The minimum absolute atomic E-state index is 0.179. The minimum atomic E-state index is -0.510. The average molecular weight is 399 g/mol. The first-order valence-corrected chi connectivity index (χ1v) is 9.16. The zero-order valence-corrected chi connectivity index (χ0v) is 15.7. The number of carbonyl (C=O) groups excluding carboxylic acids is 2. The van der Waals surface area contributed by atoms with E-state index in [9.17, 15) is 9.59 Å². The van der Waals surface area contributed by atoms with Crippen LogP contribution in [0.1, 0.15) is 15.9 Å². The molecule has 25 heavy (non-hydrogen) atoms. The molecular weight excluding hydrogens is 383 g/mol. The SMILES string of the molecule is COc1ccc(Cl)cc1C(=O)NNC(=O)CSCc1ccccc1Cl. The summed E-state index contributed by atoms with van der Waals surface area (Å²) in [4.78, 5) is 24.0. The molecule has 2 amide bonds. The first-order valence-electron chi connectivity index (χ1n) is 7.25. The molecule has 0 radical (unpaired) electrons. The Labute approximate surface area is 160 Å². The summed E-state index contributed by atoms with van der Waals surface area (Å²) in [6, 6.07) is 12.1. The van der Waals surface area contributed by atoms with Gasteiger partial charge in [0.2, 0.25) is 5.91 Å². The molecule has 0 fully saturated rings. The summed E-state index contributed by atoms with van der Waals surface area (Å²) in [7, 11) is 1.45. The van der Waals surface area contributed by atoms with Crippen LogP contribution >= 0.6 is 35.0 Å². The Bertz CT molecular complexity index is 771. The Morgan fingerprint density at radius 2 is 1.88 bits per heavy atom. The van der Waals surface area contributed by atoms with Crippen molar-refractivity contribution >= 4 is 46.8 Å². The normalized spacial score (nSPS) is 10.2. The Hall–Kier alpha value is -1.89. The molecule has 0 spiro atoms. The molecule has 2 aromatic carbocycles. The molecule has 0 heterocycles. The number of hydrazine groups is 1. The molecule has 0 aliphatic heterocycles. The van der Waals surface area contributed by atoms with Crippen molar-refractivity contribution in [3.63, 3.8) is 0 Å². The zero-order chi connectivity index (χ0) is 18.2. The fourth-order valence-electron chi connectivity index (χ4n) is 1.96. The Morgan fingerprint density at radius 1 is 1.12 bits per heavy atom. The lowest BCUT2D eigenvalue weighted by Gasteiger charge is -2.10. The molecule has 0 aromatic heterocycles. The Kier molecular flexibility index (Phi) is 7.43. The first-order chi connectivity index (χ1) is 12.0. The van der Waals surface area contributed by atoms with E-state index >= 15 is 0 Å². The van der Waals surface area contributed by atoms with Gasteiger partial charge in [0.25, 0.3) is 5.91 Å². The average Bonchev–Trinajstić information content (AvgIpc) is 2.61. The van der Waals surface area contributed by atoms with Crippen LogP contribution in [-0.2, 0) is 10.5 Å². The molecular formula is C17H16Cl2N2O3S. The van der Waals surface area contributed by atoms with Gasteiger partial charge in [-0.3, -0.25) is 20.4 Å². The van der Waals surface area contributed by atoms with E-state index in [4.69, 9.17) is 27.9 Å². The molecule has 8 heteroatoms. The van der Waals surface area contributed by atoms with Crippen molar-refractivity contribution in [3.05, 3.63) is 63.6 Å². The third kappa shape index (κ3) is 5.85. The number of thioether (sulfide) groups is 1. The fraction of sp³-hybridized carbons (Fsp3) is 0.176. The second-order valence-electron chi connectivity index (χ2n) is 4.93. The van der Waals surface area contributed by atoms with Crippen LogP contribution in [0.2, 0.25) is 10.0 Å². The second-order valence-corrected chi connectivity index (χ2v) is 6.76. The van der Waals surface area contributed by atoms with Crippen LogP contribution in [0.15, 0.2) is 42.5 Å². The predicted molar refractivity (Wildman–Crippen MR) is 101 cm³/mol. The van der Waals surface area contributed by atoms with Crippen LogP contribution in [-0.4, -0.2) is 24.7 Å². The maximum Gasteiger partial charge on any atom is 0.273 e. The monoisotopic (exact) mass is 398 g/mol. The number of hydrogen-bond acceptors (Lipinski definition) is 4. The van der Waals surface area contributed by atoms with Gasteiger partial charge in [0.1, 0.15) is 5.75 Å². The van der Waals surface area contributed by atoms with Gasteiger partial charge >= 0.3 is 0 Å². The molecule has 0 unspecified atom stereocenters. The van der Waals surface area contributed by atoms with Crippen molar-refractivity contribution in [2.75, 3.05) is 12.9 Å². The standard InChI is InChI=1S/C17H16Cl2N2O3S/c1-24-15-7-6-12(18)8-13(15)17(23)21-20-16(22)10-25-9-11-4-2-3-5-14(11)19/h2-8H,9-10H2,1H3,(H,20,22)(H,21,23). The molecule has 0 aliphatic carbocycles. The summed E-state index contributed by atoms with van der Waals surface area (Å²) >= 11 is 13.3. The smallest absolute Gasteiger partial charge is 0.273 e. The van der Waals surface area contributed by atoms with Gasteiger partial charge < -0.3 is 4.74 Å². The van der Waals surface area contributed by atoms with Crippen molar-refractivity contribution in [2.24, 2.45) is 0 Å². The lowest BCUT2D eigenvalue weighted by molar-refractivity contribution is -0.119. The van der Waals surface area contributed by atoms with Gasteiger partial charge in [0.15, 0.2) is 0 Å². The van der Waals surface area contributed by atoms with Crippen LogP contribution in [0, 0.1) is 0 Å². The van der Waals surface area contributed by atoms with Gasteiger partial charge in [-0.25, -0.2) is 0 Å². The quantitative estimate of drug-likeness (QED) is 0.727. The van der Waals surface area contributed by atoms with Gasteiger partial charge in [-0.1, -0.05) is 41.4 Å². The van der Waals surface area contributed by atoms with E-state index in [0.717, 1.165) is 5.56 Å². The Balaban J connectivity index is 1.81. The number of nitrogens with one attached hydrogen (secondary N) is 2. The van der Waals surface area contributed by atoms with E-state index in [-0.39, 0.29) is 17.2 Å². The van der Waals surface area contributed by atoms with Crippen LogP contribution < -0.4 is 15.6 Å². The molecule has 0 saturated carbocycles. The maximum absolute atomic E-state index is 12.1. The fourth-order valence-corrected chi connectivity index (χ4v) is 3.24. The molecule has 132 valence electrons. The summed E-state index contributed by atoms with van der Waals surface area (Å²) in [5.41, 5.74) is 5.89. The topological polar surface area (TPSA) is 67.4 Å². The van der Waals surface area contributed by atoms with E-state index in [1.807, 2.05) is 18.2 Å². The third-order valence-corrected chi connectivity index (χ3v) is 4.76. The third-order valence-electron chi connectivity index (χ3n) is 3.17. The zero-order valence-electron chi connectivity index (χ0n) is 13.3. The number of rotatable bonds is 6. The highest BCUT2D eigenvalue weighted by molar-refractivity contribution is 7.99. The number of benzene rings is 2. The summed E-state index contributed by atoms with van der Waals surface area (Å²) in [5.74, 6) is 0.306. The van der Waals surface area contributed by atoms with E-state index in [1.165, 1.54) is 24.9 Å². The number of methoxy groups -OCH3 is 1. The van der Waals surface area contributed by atoms with E-state index < -0.39 is 5.91 Å². The van der Waals surface area contributed by atoms with Crippen molar-refractivity contribution in [3.8, 4) is 5.75 Å². The largest absolute Gasteiger partial charge is 0.496 e. The molecule has 2 N–H and O–H groups in total. The van der Waals surface area contributed by atoms with Crippen LogP contribution in [0.25, 0.3) is 0 Å². The number of carbonyl (C=O) groups is 2. The van der Waals surface area contributed by atoms with Crippen molar-refractivity contribution in [1.82, 2.24) is 10.9 Å². The molecule has 2 aromatic rings. The molecule has 0 atom stereocenters. The highest BCUT2D eigenvalue weighted by Gasteiger charge is 2.13. The van der Waals surface area contributed by atoms with Gasteiger partial charge in [0, 0.05) is 15.8 Å². The maximum atomic E-state index is 12.1. The van der Waals surface area contributed by atoms with Gasteiger partial charge in [-0.05, 0) is 29.8 Å². The number of hydrogen-bond donors (Lipinski definition) is 2. The first kappa shape index (κ1) is 19.4. The van der Waals surface area contributed by atoms with Gasteiger partial charge in [-0.2, -0.15) is 0 Å². The highest BCUT2D eigenvalue weighted by Crippen LogP contribution is 2.22. The molecule has 0 bridgehead atoms. The lowest BCUT2D eigenvalue weighted by atomic mass is 10.2. The van der Waals surface area contributed by atoms with Crippen LogP contribution in [0.3, 0.4) is 0 Å². The molecule has 0 aliphatic rings. The number of halogens is 2. The van der Waals surface area contributed by atoms with E-state index in [1.54, 1.807) is 18.2 Å². The summed E-state index contributed by atoms with van der Waals surface area (Å²) in [6.45, 7) is 0. The second kappa shape index (κ2) is 9.56. The highest BCUT2D eigenvalue weighted by atomic mass is 35.5. The predicted octanol–water partition coefficient (Wildman–Crippen LogP) is 3.70. The van der Waals surface area contributed by atoms with E-state index in [2.05, 4.69) is 10.9 Å². The molecule has 5 nitrogen and oxygen atoms in total. The minimum Gasteiger partial charge on any atom is -0.496 e. The van der Waals surface area contributed by atoms with Gasteiger partial charge in [0.05, 0.1) is 18.4 Å². The lowest BCUT2D eigenvalue weighted by Crippen LogP contribution is -2.42. The summed E-state index contributed by atoms with van der Waals surface area (Å²) in [6.07, 6.45) is 0. The van der Waals surface area contributed by atoms with Crippen molar-refractivity contribution < 1.29 is 14.3 Å². The molecule has 0 saturated heterocycles. The van der Waals surface area contributed by atoms with Crippen molar-refractivity contribution in [2.45, 2.75) is 5.75 Å². The van der Waals surface area contributed by atoms with Crippen LogP contribution in [0.4, 0.5) is 0 Å². The van der Waals surface area contributed by atoms with Crippen LogP contribution in [0.5, 0.6) is 5.75 Å². The number of amides is 2. The Morgan fingerprint density at radius 3 is 2.60 bits per heavy atom. The van der Waals surface area contributed by atoms with Crippen molar-refractivity contribution in [1.29, 1.82) is 0 Å². The summed E-state index contributed by atoms with van der Waals surface area (Å²) in [5, 5.41) is 1.06.